The minimum atomic E-state index is -0.612. The van der Waals surface area contributed by atoms with E-state index in [1.165, 1.54) is 6.42 Å². The monoisotopic (exact) mass is 198 g/mol. The SMILES string of the molecule is CO[C@]12CCCC[C@H]1C(C)(C)C(=O)O2. The summed E-state index contributed by atoms with van der Waals surface area (Å²) >= 11 is 0. The summed E-state index contributed by atoms with van der Waals surface area (Å²) in [6.07, 6.45) is 4.15. The average molecular weight is 198 g/mol. The fraction of sp³-hybridized carbons (Fsp3) is 0.909. The summed E-state index contributed by atoms with van der Waals surface area (Å²) in [4.78, 5) is 11.7. The van der Waals surface area contributed by atoms with Crippen molar-refractivity contribution in [3.63, 3.8) is 0 Å². The Bertz CT molecular complexity index is 259. The third-order valence-electron chi connectivity index (χ3n) is 3.81. The Morgan fingerprint density at radius 3 is 2.71 bits per heavy atom. The number of carbonyl (C=O) groups is 1. The van der Waals surface area contributed by atoms with Gasteiger partial charge in [-0.3, -0.25) is 4.79 Å². The molecule has 0 aromatic rings. The van der Waals surface area contributed by atoms with Crippen molar-refractivity contribution in [1.82, 2.24) is 0 Å². The lowest BCUT2D eigenvalue weighted by Gasteiger charge is -2.38. The van der Waals surface area contributed by atoms with Crippen molar-refractivity contribution in [1.29, 1.82) is 0 Å². The fourth-order valence-corrected chi connectivity index (χ4v) is 2.86. The Kier molecular flexibility index (Phi) is 2.11. The van der Waals surface area contributed by atoms with Crippen LogP contribution in [0.25, 0.3) is 0 Å². The molecular weight excluding hydrogens is 180 g/mol. The van der Waals surface area contributed by atoms with Gasteiger partial charge < -0.3 is 9.47 Å². The van der Waals surface area contributed by atoms with E-state index in [1.807, 2.05) is 13.8 Å². The largest absolute Gasteiger partial charge is 0.432 e. The van der Waals surface area contributed by atoms with E-state index in [9.17, 15) is 4.79 Å². The molecule has 1 saturated heterocycles. The van der Waals surface area contributed by atoms with Crippen molar-refractivity contribution in [3.8, 4) is 0 Å². The van der Waals surface area contributed by atoms with Gasteiger partial charge in [0.1, 0.15) is 0 Å². The Hall–Kier alpha value is -0.570. The molecule has 3 nitrogen and oxygen atoms in total. The molecule has 1 aliphatic carbocycles. The molecule has 0 spiro atoms. The van der Waals surface area contributed by atoms with Crippen molar-refractivity contribution in [3.05, 3.63) is 0 Å². The lowest BCUT2D eigenvalue weighted by molar-refractivity contribution is -0.228. The summed E-state index contributed by atoms with van der Waals surface area (Å²) in [5.74, 6) is -0.494. The molecule has 2 fully saturated rings. The minimum absolute atomic E-state index is 0.105. The molecule has 0 aromatic heterocycles. The van der Waals surface area contributed by atoms with Crippen LogP contribution in [0.2, 0.25) is 0 Å². The van der Waals surface area contributed by atoms with E-state index in [2.05, 4.69) is 0 Å². The second-order valence-electron chi connectivity index (χ2n) is 4.93. The molecule has 80 valence electrons. The summed E-state index contributed by atoms with van der Waals surface area (Å²) in [5.41, 5.74) is -0.379. The maximum absolute atomic E-state index is 11.7. The Balaban J connectivity index is 2.35. The van der Waals surface area contributed by atoms with Crippen molar-refractivity contribution in [2.75, 3.05) is 7.11 Å². The molecule has 2 rings (SSSR count). The molecule has 0 N–H and O–H groups in total. The van der Waals surface area contributed by atoms with E-state index in [-0.39, 0.29) is 17.3 Å². The number of fused-ring (bicyclic) bond motifs is 1. The van der Waals surface area contributed by atoms with Gasteiger partial charge in [-0.05, 0) is 26.7 Å². The maximum Gasteiger partial charge on any atom is 0.314 e. The van der Waals surface area contributed by atoms with E-state index >= 15 is 0 Å². The van der Waals surface area contributed by atoms with Crippen molar-refractivity contribution in [2.24, 2.45) is 11.3 Å². The van der Waals surface area contributed by atoms with Crippen LogP contribution in [0.5, 0.6) is 0 Å². The molecule has 0 bridgehead atoms. The summed E-state index contributed by atoms with van der Waals surface area (Å²) in [7, 11) is 1.65. The van der Waals surface area contributed by atoms with Gasteiger partial charge in [0.2, 0.25) is 5.79 Å². The molecule has 2 aliphatic rings. The third kappa shape index (κ3) is 1.11. The van der Waals surface area contributed by atoms with Gasteiger partial charge >= 0.3 is 5.97 Å². The Morgan fingerprint density at radius 2 is 2.14 bits per heavy atom. The van der Waals surface area contributed by atoms with Gasteiger partial charge in [0, 0.05) is 19.4 Å². The molecule has 1 heterocycles. The number of ether oxygens (including phenoxy) is 2. The molecule has 1 aliphatic heterocycles. The molecule has 14 heavy (non-hydrogen) atoms. The highest BCUT2D eigenvalue weighted by Gasteiger charge is 2.61. The summed E-state index contributed by atoms with van der Waals surface area (Å²) < 4.78 is 10.9. The van der Waals surface area contributed by atoms with Crippen LogP contribution in [-0.2, 0) is 14.3 Å². The molecule has 3 heteroatoms. The molecule has 1 saturated carbocycles. The minimum Gasteiger partial charge on any atom is -0.432 e. The van der Waals surface area contributed by atoms with Crippen LogP contribution < -0.4 is 0 Å². The first-order chi connectivity index (χ1) is 6.53. The number of rotatable bonds is 1. The number of methoxy groups -OCH3 is 1. The van der Waals surface area contributed by atoms with Crippen LogP contribution in [0.3, 0.4) is 0 Å². The molecule has 0 unspecified atom stereocenters. The lowest BCUT2D eigenvalue weighted by Crippen LogP contribution is -2.43. The number of hydrogen-bond acceptors (Lipinski definition) is 3. The molecule has 0 aromatic carbocycles. The highest BCUT2D eigenvalue weighted by molar-refractivity contribution is 5.79. The van der Waals surface area contributed by atoms with E-state index in [4.69, 9.17) is 9.47 Å². The van der Waals surface area contributed by atoms with E-state index in [0.29, 0.717) is 0 Å². The second-order valence-corrected chi connectivity index (χ2v) is 4.93. The predicted molar refractivity (Wildman–Crippen MR) is 51.6 cm³/mol. The van der Waals surface area contributed by atoms with E-state index < -0.39 is 5.79 Å². The molecule has 2 atom stereocenters. The van der Waals surface area contributed by atoms with E-state index in [0.717, 1.165) is 19.3 Å². The zero-order valence-corrected chi connectivity index (χ0v) is 9.13. The summed E-state index contributed by atoms with van der Waals surface area (Å²) in [5, 5.41) is 0. The van der Waals surface area contributed by atoms with Crippen LogP contribution >= 0.6 is 0 Å². The van der Waals surface area contributed by atoms with Gasteiger partial charge in [-0.2, -0.15) is 0 Å². The Labute approximate surface area is 84.8 Å². The van der Waals surface area contributed by atoms with Crippen molar-refractivity contribution < 1.29 is 14.3 Å². The van der Waals surface area contributed by atoms with Crippen molar-refractivity contribution in [2.45, 2.75) is 45.3 Å². The number of carbonyl (C=O) groups excluding carboxylic acids is 1. The van der Waals surface area contributed by atoms with Crippen LogP contribution in [0.15, 0.2) is 0 Å². The molecule has 0 amide bonds. The summed E-state index contributed by atoms with van der Waals surface area (Å²) in [6.45, 7) is 3.93. The van der Waals surface area contributed by atoms with Gasteiger partial charge in [0.15, 0.2) is 0 Å². The smallest absolute Gasteiger partial charge is 0.314 e. The second kappa shape index (κ2) is 2.96. The van der Waals surface area contributed by atoms with Crippen LogP contribution in [0, 0.1) is 11.3 Å². The van der Waals surface area contributed by atoms with Crippen LogP contribution in [0.1, 0.15) is 39.5 Å². The highest BCUT2D eigenvalue weighted by atomic mass is 16.7. The summed E-state index contributed by atoms with van der Waals surface area (Å²) in [6, 6.07) is 0. The first kappa shape index (κ1) is 9.97. The van der Waals surface area contributed by atoms with Gasteiger partial charge in [0.05, 0.1) is 5.41 Å². The van der Waals surface area contributed by atoms with Gasteiger partial charge in [-0.15, -0.1) is 0 Å². The third-order valence-corrected chi connectivity index (χ3v) is 3.81. The zero-order valence-electron chi connectivity index (χ0n) is 9.13. The van der Waals surface area contributed by atoms with E-state index in [1.54, 1.807) is 7.11 Å². The van der Waals surface area contributed by atoms with Gasteiger partial charge in [-0.1, -0.05) is 6.42 Å². The first-order valence-corrected chi connectivity index (χ1v) is 5.31. The van der Waals surface area contributed by atoms with Crippen LogP contribution in [0.4, 0.5) is 0 Å². The number of hydrogen-bond donors (Lipinski definition) is 0. The van der Waals surface area contributed by atoms with Crippen molar-refractivity contribution >= 4 is 5.97 Å². The zero-order chi connectivity index (χ0) is 10.4. The maximum atomic E-state index is 11.7. The lowest BCUT2D eigenvalue weighted by atomic mass is 9.70. The molecule has 0 radical (unpaired) electrons. The Morgan fingerprint density at radius 1 is 1.43 bits per heavy atom. The normalized spacial score (nSPS) is 40.5. The predicted octanol–water partition coefficient (Wildman–Crippen LogP) is 2.10. The van der Waals surface area contributed by atoms with Gasteiger partial charge in [0.25, 0.3) is 0 Å². The van der Waals surface area contributed by atoms with Gasteiger partial charge in [-0.25, -0.2) is 0 Å². The molecular formula is C11H18O3. The topological polar surface area (TPSA) is 35.5 Å². The fourth-order valence-electron chi connectivity index (χ4n) is 2.86. The quantitative estimate of drug-likeness (QED) is 0.605. The average Bonchev–Trinajstić information content (AvgIpc) is 2.37. The standard InChI is InChI=1S/C11H18O3/c1-10(2)8-6-4-5-7-11(8,13-3)14-9(10)12/h8H,4-7H2,1-3H3/t8-,11-/m0/s1. The van der Waals surface area contributed by atoms with Crippen LogP contribution in [-0.4, -0.2) is 18.9 Å². The number of esters is 1. The highest BCUT2D eigenvalue weighted by Crippen LogP contribution is 2.53. The first-order valence-electron chi connectivity index (χ1n) is 5.31.